The van der Waals surface area contributed by atoms with Crippen LogP contribution in [0.25, 0.3) is 0 Å². The van der Waals surface area contributed by atoms with Crippen LogP contribution in [0.15, 0.2) is 12.1 Å². The maximum atomic E-state index is 13.3. The summed E-state index contributed by atoms with van der Waals surface area (Å²) < 4.78 is 31.2. The highest BCUT2D eigenvalue weighted by atomic mass is 19.1. The van der Waals surface area contributed by atoms with Gasteiger partial charge in [-0.2, -0.15) is 4.39 Å². The summed E-state index contributed by atoms with van der Waals surface area (Å²) in [5.41, 5.74) is -0.888. The molecule has 0 radical (unpaired) electrons. The molecule has 0 aromatic heterocycles. The number of rotatable bonds is 5. The average molecular weight is 246 g/mol. The molecule has 5 nitrogen and oxygen atoms in total. The fourth-order valence-corrected chi connectivity index (χ4v) is 1.35. The van der Waals surface area contributed by atoms with Gasteiger partial charge in [-0.05, 0) is 6.92 Å². The van der Waals surface area contributed by atoms with E-state index in [1.54, 1.807) is 6.92 Å². The number of hydrogen-bond acceptors (Lipinski definition) is 4. The van der Waals surface area contributed by atoms with Crippen LogP contribution in [-0.4, -0.2) is 24.7 Å². The first-order chi connectivity index (χ1) is 7.95. The normalized spacial score (nSPS) is 12.2. The van der Waals surface area contributed by atoms with Gasteiger partial charge in [0.05, 0.1) is 17.2 Å². The van der Waals surface area contributed by atoms with Crippen LogP contribution in [0.3, 0.4) is 0 Å². The number of ether oxygens (including phenoxy) is 1. The van der Waals surface area contributed by atoms with Gasteiger partial charge in [0.2, 0.25) is 5.82 Å². The fraction of sp³-hybridized carbons (Fsp3) is 0.400. The lowest BCUT2D eigenvalue weighted by atomic mass is 10.2. The van der Waals surface area contributed by atoms with Crippen molar-refractivity contribution in [3.63, 3.8) is 0 Å². The summed E-state index contributed by atoms with van der Waals surface area (Å²) in [5.74, 6) is -2.08. The van der Waals surface area contributed by atoms with Gasteiger partial charge in [-0.1, -0.05) is 0 Å². The van der Waals surface area contributed by atoms with E-state index in [9.17, 15) is 18.9 Å². The Balaban J connectivity index is 2.99. The van der Waals surface area contributed by atoms with Gasteiger partial charge in [-0.15, -0.1) is 0 Å². The number of benzene rings is 1. The van der Waals surface area contributed by atoms with Crippen LogP contribution in [0.2, 0.25) is 0 Å². The third-order valence-corrected chi connectivity index (χ3v) is 2.05. The zero-order valence-corrected chi connectivity index (χ0v) is 9.37. The van der Waals surface area contributed by atoms with Crippen LogP contribution in [0.1, 0.15) is 6.92 Å². The predicted molar refractivity (Wildman–Crippen MR) is 58.0 cm³/mol. The Morgan fingerprint density at radius 3 is 2.65 bits per heavy atom. The molecule has 0 aliphatic carbocycles. The molecular formula is C10H12F2N2O3. The highest BCUT2D eigenvalue weighted by Gasteiger charge is 2.19. The monoisotopic (exact) mass is 246 g/mol. The quantitative estimate of drug-likeness (QED) is 0.639. The molecule has 17 heavy (non-hydrogen) atoms. The smallest absolute Gasteiger partial charge is 0.307 e. The summed E-state index contributed by atoms with van der Waals surface area (Å²) >= 11 is 0. The van der Waals surface area contributed by atoms with Crippen molar-refractivity contribution in [2.75, 3.05) is 19.0 Å². The molecule has 0 fully saturated rings. The lowest BCUT2D eigenvalue weighted by Gasteiger charge is -2.14. The largest absolute Gasteiger partial charge is 0.383 e. The SMILES string of the molecule is COCC(C)Nc1cc([N+](=O)[O-])c(F)cc1F. The number of nitrogens with one attached hydrogen (secondary N) is 1. The number of halogens is 2. The van der Waals surface area contributed by atoms with Crippen molar-refractivity contribution < 1.29 is 18.4 Å². The van der Waals surface area contributed by atoms with E-state index in [0.717, 1.165) is 6.07 Å². The summed E-state index contributed by atoms with van der Waals surface area (Å²) in [5, 5.41) is 13.1. The molecule has 0 bridgehead atoms. The average Bonchev–Trinajstić information content (AvgIpc) is 2.21. The minimum absolute atomic E-state index is 0.123. The first-order valence-electron chi connectivity index (χ1n) is 4.84. The first kappa shape index (κ1) is 13.3. The standard InChI is InChI=1S/C10H12F2N2O3/c1-6(5-17-2)13-9-4-10(14(15)16)8(12)3-7(9)11/h3-4,6,13H,5H2,1-2H3. The molecule has 0 aliphatic rings. The zero-order chi connectivity index (χ0) is 13.0. The third kappa shape index (κ3) is 3.35. The molecule has 0 saturated carbocycles. The summed E-state index contributed by atoms with van der Waals surface area (Å²) in [6.45, 7) is 2.00. The van der Waals surface area contributed by atoms with E-state index in [0.29, 0.717) is 12.7 Å². The maximum absolute atomic E-state index is 13.3. The van der Waals surface area contributed by atoms with E-state index >= 15 is 0 Å². The van der Waals surface area contributed by atoms with Crippen LogP contribution in [0.4, 0.5) is 20.2 Å². The summed E-state index contributed by atoms with van der Waals surface area (Å²) in [4.78, 5) is 9.59. The predicted octanol–water partition coefficient (Wildman–Crippen LogP) is 2.32. The van der Waals surface area contributed by atoms with Gasteiger partial charge in [0, 0.05) is 25.3 Å². The molecule has 0 aliphatic heterocycles. The van der Waals surface area contributed by atoms with Gasteiger partial charge < -0.3 is 10.1 Å². The van der Waals surface area contributed by atoms with Gasteiger partial charge in [0.25, 0.3) is 0 Å². The Labute approximate surface area is 96.5 Å². The molecule has 1 aromatic rings. The van der Waals surface area contributed by atoms with Crippen LogP contribution in [0.5, 0.6) is 0 Å². The molecular weight excluding hydrogens is 234 g/mol. The van der Waals surface area contributed by atoms with Crippen LogP contribution >= 0.6 is 0 Å². The lowest BCUT2D eigenvalue weighted by Crippen LogP contribution is -2.21. The molecule has 7 heteroatoms. The van der Waals surface area contributed by atoms with E-state index in [2.05, 4.69) is 5.32 Å². The number of hydrogen-bond donors (Lipinski definition) is 1. The Kier molecular flexibility index (Phi) is 4.33. The van der Waals surface area contributed by atoms with Gasteiger partial charge >= 0.3 is 5.69 Å². The van der Waals surface area contributed by atoms with Crippen LogP contribution in [0, 0.1) is 21.7 Å². The lowest BCUT2D eigenvalue weighted by molar-refractivity contribution is -0.387. The van der Waals surface area contributed by atoms with Crippen molar-refractivity contribution >= 4 is 11.4 Å². The number of methoxy groups -OCH3 is 1. The van der Waals surface area contributed by atoms with E-state index < -0.39 is 22.2 Å². The molecule has 1 atom stereocenters. The van der Waals surface area contributed by atoms with Gasteiger partial charge in [0.1, 0.15) is 5.82 Å². The fourth-order valence-electron chi connectivity index (χ4n) is 1.35. The molecule has 1 aromatic carbocycles. The van der Waals surface area contributed by atoms with Gasteiger partial charge in [-0.25, -0.2) is 4.39 Å². The highest BCUT2D eigenvalue weighted by Crippen LogP contribution is 2.25. The summed E-state index contributed by atoms with van der Waals surface area (Å²) in [6.07, 6.45) is 0. The number of anilines is 1. The summed E-state index contributed by atoms with van der Waals surface area (Å²) in [6, 6.07) is 1.07. The molecule has 94 valence electrons. The van der Waals surface area contributed by atoms with E-state index in [1.807, 2.05) is 0 Å². The molecule has 1 N–H and O–H groups in total. The van der Waals surface area contributed by atoms with Crippen molar-refractivity contribution in [3.8, 4) is 0 Å². The van der Waals surface area contributed by atoms with Crippen molar-refractivity contribution in [1.82, 2.24) is 0 Å². The molecule has 0 saturated heterocycles. The maximum Gasteiger partial charge on any atom is 0.307 e. The Hall–Kier alpha value is -1.76. The molecule has 0 spiro atoms. The van der Waals surface area contributed by atoms with E-state index in [-0.39, 0.29) is 11.7 Å². The molecule has 0 heterocycles. The topological polar surface area (TPSA) is 64.4 Å². The molecule has 0 amide bonds. The Morgan fingerprint density at radius 2 is 2.12 bits per heavy atom. The Morgan fingerprint density at radius 1 is 1.47 bits per heavy atom. The number of nitro groups is 1. The second kappa shape index (κ2) is 5.53. The van der Waals surface area contributed by atoms with Gasteiger partial charge in [0.15, 0.2) is 0 Å². The van der Waals surface area contributed by atoms with Crippen molar-refractivity contribution in [2.24, 2.45) is 0 Å². The van der Waals surface area contributed by atoms with E-state index in [4.69, 9.17) is 4.74 Å². The van der Waals surface area contributed by atoms with Crippen molar-refractivity contribution in [2.45, 2.75) is 13.0 Å². The van der Waals surface area contributed by atoms with Crippen molar-refractivity contribution in [1.29, 1.82) is 0 Å². The minimum Gasteiger partial charge on any atom is -0.383 e. The second-order valence-electron chi connectivity index (χ2n) is 3.54. The van der Waals surface area contributed by atoms with Crippen molar-refractivity contribution in [3.05, 3.63) is 33.9 Å². The Bertz CT molecular complexity index is 426. The third-order valence-electron chi connectivity index (χ3n) is 2.05. The second-order valence-corrected chi connectivity index (χ2v) is 3.54. The highest BCUT2D eigenvalue weighted by molar-refractivity contribution is 5.53. The van der Waals surface area contributed by atoms with Crippen LogP contribution < -0.4 is 5.32 Å². The zero-order valence-electron chi connectivity index (χ0n) is 9.37. The first-order valence-corrected chi connectivity index (χ1v) is 4.84. The molecule has 1 rings (SSSR count). The number of nitrogens with zero attached hydrogens (tertiary/aromatic N) is 1. The minimum atomic E-state index is -1.20. The van der Waals surface area contributed by atoms with Gasteiger partial charge in [-0.3, -0.25) is 10.1 Å². The number of nitro benzene ring substituents is 1. The summed E-state index contributed by atoms with van der Waals surface area (Å²) in [7, 11) is 1.47. The van der Waals surface area contributed by atoms with E-state index in [1.165, 1.54) is 7.11 Å². The van der Waals surface area contributed by atoms with Crippen LogP contribution in [-0.2, 0) is 4.74 Å². The molecule has 1 unspecified atom stereocenters.